The molecule has 0 atom stereocenters. The van der Waals surface area contributed by atoms with Crippen molar-refractivity contribution in [3.63, 3.8) is 0 Å². The minimum atomic E-state index is -4.35. The molecule has 152 valence electrons. The third-order valence-corrected chi connectivity index (χ3v) is 4.97. The third-order valence-electron chi connectivity index (χ3n) is 4.26. The number of rotatable bonds is 8. The van der Waals surface area contributed by atoms with Gasteiger partial charge in [-0.15, -0.1) is 0 Å². The van der Waals surface area contributed by atoms with E-state index in [0.29, 0.717) is 5.69 Å². The Balaban J connectivity index is 2.59. The standard InChI is InChI=1S/C17H21N3O7S/c1-11-16(18(2)10-28(25,26)27)17(24)20(19(11)3)13-7-5-4-6-12(13)14(21)8-9-15(22)23/h4-7H,8-10H2,1-3H3,(H,22,23)(H,25,26,27). The number of aliphatic carboxylic acids is 1. The van der Waals surface area contributed by atoms with Gasteiger partial charge in [0.15, 0.2) is 5.78 Å². The first kappa shape index (κ1) is 21.4. The summed E-state index contributed by atoms with van der Waals surface area (Å²) < 4.78 is 34.1. The molecule has 0 spiro atoms. The van der Waals surface area contributed by atoms with Gasteiger partial charge in [0.2, 0.25) is 0 Å². The number of ketones is 1. The van der Waals surface area contributed by atoms with Crippen molar-refractivity contribution >= 4 is 27.6 Å². The highest BCUT2D eigenvalue weighted by molar-refractivity contribution is 7.85. The Kier molecular flexibility index (Phi) is 6.10. The average Bonchev–Trinajstić information content (AvgIpc) is 2.80. The van der Waals surface area contributed by atoms with Gasteiger partial charge in [-0.2, -0.15) is 8.42 Å². The van der Waals surface area contributed by atoms with E-state index in [0.717, 1.165) is 4.90 Å². The van der Waals surface area contributed by atoms with Gasteiger partial charge in [0.05, 0.1) is 17.8 Å². The second-order valence-corrected chi connectivity index (χ2v) is 7.74. The lowest BCUT2D eigenvalue weighted by Crippen LogP contribution is -2.30. The van der Waals surface area contributed by atoms with E-state index in [1.54, 1.807) is 32.2 Å². The summed E-state index contributed by atoms with van der Waals surface area (Å²) in [6.07, 6.45) is -0.559. The van der Waals surface area contributed by atoms with Crippen LogP contribution in [0, 0.1) is 6.92 Å². The number of hydrogen-bond acceptors (Lipinski definition) is 6. The summed E-state index contributed by atoms with van der Waals surface area (Å²) in [6, 6.07) is 6.26. The first-order chi connectivity index (χ1) is 12.9. The molecule has 1 heterocycles. The topological polar surface area (TPSA) is 139 Å². The summed E-state index contributed by atoms with van der Waals surface area (Å²) in [4.78, 5) is 37.3. The average molecular weight is 411 g/mol. The molecule has 2 N–H and O–H groups in total. The van der Waals surface area contributed by atoms with Crippen LogP contribution in [0.4, 0.5) is 5.69 Å². The van der Waals surface area contributed by atoms with Crippen LogP contribution in [0.15, 0.2) is 29.1 Å². The van der Waals surface area contributed by atoms with E-state index in [4.69, 9.17) is 9.66 Å². The number of hydrogen-bond donors (Lipinski definition) is 2. The molecular weight excluding hydrogens is 390 g/mol. The van der Waals surface area contributed by atoms with Crippen LogP contribution in [0.2, 0.25) is 0 Å². The van der Waals surface area contributed by atoms with Crippen molar-refractivity contribution in [2.24, 2.45) is 7.05 Å². The van der Waals surface area contributed by atoms with Gasteiger partial charge < -0.3 is 10.0 Å². The second-order valence-electron chi connectivity index (χ2n) is 6.32. The number of carboxylic acids is 1. The van der Waals surface area contributed by atoms with Crippen molar-refractivity contribution < 1.29 is 27.7 Å². The molecule has 2 rings (SSSR count). The van der Waals surface area contributed by atoms with Gasteiger partial charge in [-0.05, 0) is 19.1 Å². The van der Waals surface area contributed by atoms with Gasteiger partial charge in [0.25, 0.3) is 15.7 Å². The first-order valence-corrected chi connectivity index (χ1v) is 9.84. The molecule has 0 aliphatic rings. The van der Waals surface area contributed by atoms with Crippen molar-refractivity contribution in [2.45, 2.75) is 19.8 Å². The summed E-state index contributed by atoms with van der Waals surface area (Å²) in [5.41, 5.74) is 0.317. The Morgan fingerprint density at radius 2 is 1.79 bits per heavy atom. The van der Waals surface area contributed by atoms with Gasteiger partial charge in [-0.1, -0.05) is 12.1 Å². The van der Waals surface area contributed by atoms with Crippen molar-refractivity contribution in [2.75, 3.05) is 17.8 Å². The highest BCUT2D eigenvalue weighted by Crippen LogP contribution is 2.21. The first-order valence-electron chi connectivity index (χ1n) is 8.23. The molecule has 0 saturated heterocycles. The molecule has 0 unspecified atom stereocenters. The molecule has 0 fully saturated rings. The number of anilines is 1. The largest absolute Gasteiger partial charge is 0.481 e. The SMILES string of the molecule is Cc1c(N(C)CS(=O)(=O)O)c(=O)n(-c2ccccc2C(=O)CCC(=O)O)n1C. The molecular formula is C17H21N3O7S. The van der Waals surface area contributed by atoms with Gasteiger partial charge in [0, 0.05) is 26.1 Å². The van der Waals surface area contributed by atoms with Crippen molar-refractivity contribution in [1.29, 1.82) is 0 Å². The monoisotopic (exact) mass is 411 g/mol. The molecule has 2 aromatic rings. The second kappa shape index (κ2) is 7.98. The number of aromatic nitrogens is 2. The van der Waals surface area contributed by atoms with Crippen LogP contribution >= 0.6 is 0 Å². The summed E-state index contributed by atoms with van der Waals surface area (Å²) in [5.74, 6) is -2.31. The normalized spacial score (nSPS) is 11.4. The van der Waals surface area contributed by atoms with Crippen LogP contribution in [-0.2, 0) is 22.0 Å². The van der Waals surface area contributed by atoms with Crippen molar-refractivity contribution in [3.8, 4) is 5.69 Å². The van der Waals surface area contributed by atoms with Crippen molar-refractivity contribution in [1.82, 2.24) is 9.36 Å². The van der Waals surface area contributed by atoms with Crippen LogP contribution in [0.25, 0.3) is 5.69 Å². The molecule has 0 saturated carbocycles. The minimum Gasteiger partial charge on any atom is -0.481 e. The van der Waals surface area contributed by atoms with E-state index in [1.807, 2.05) is 0 Å². The molecule has 11 heteroatoms. The fourth-order valence-corrected chi connectivity index (χ4v) is 3.58. The molecule has 0 aliphatic carbocycles. The zero-order chi connectivity index (χ0) is 21.2. The third kappa shape index (κ3) is 4.49. The summed E-state index contributed by atoms with van der Waals surface area (Å²) in [7, 11) is -1.43. The van der Waals surface area contributed by atoms with Crippen LogP contribution in [-0.4, -0.2) is 52.1 Å². The summed E-state index contributed by atoms with van der Waals surface area (Å²) in [6.45, 7) is 1.60. The molecule has 0 radical (unpaired) electrons. The lowest BCUT2D eigenvalue weighted by atomic mass is 10.0. The zero-order valence-electron chi connectivity index (χ0n) is 15.6. The van der Waals surface area contributed by atoms with Crippen molar-refractivity contribution in [3.05, 3.63) is 45.9 Å². The van der Waals surface area contributed by atoms with Gasteiger partial charge >= 0.3 is 5.97 Å². The van der Waals surface area contributed by atoms with E-state index in [9.17, 15) is 22.8 Å². The zero-order valence-corrected chi connectivity index (χ0v) is 16.4. The van der Waals surface area contributed by atoms with E-state index in [-0.39, 0.29) is 29.8 Å². The predicted octanol–water partition coefficient (Wildman–Crippen LogP) is 0.813. The number of nitrogens with zero attached hydrogens (tertiary/aromatic N) is 3. The Labute approximate surface area is 161 Å². The summed E-state index contributed by atoms with van der Waals surface area (Å²) in [5, 5.41) is 8.79. The van der Waals surface area contributed by atoms with Gasteiger partial charge in [0.1, 0.15) is 11.6 Å². The maximum absolute atomic E-state index is 13.0. The van der Waals surface area contributed by atoms with Crippen LogP contribution in [0.5, 0.6) is 0 Å². The number of carbonyl (C=O) groups excluding carboxylic acids is 1. The quantitative estimate of drug-likeness (QED) is 0.481. The van der Waals surface area contributed by atoms with Crippen LogP contribution in [0.3, 0.4) is 0 Å². The van der Waals surface area contributed by atoms with E-state index < -0.39 is 33.3 Å². The number of carbonyl (C=O) groups is 2. The Bertz CT molecular complexity index is 1080. The molecule has 0 amide bonds. The van der Waals surface area contributed by atoms with E-state index >= 15 is 0 Å². The number of carboxylic acid groups (broad SMARTS) is 1. The molecule has 10 nitrogen and oxygen atoms in total. The molecule has 1 aromatic heterocycles. The smallest absolute Gasteiger partial charge is 0.303 e. The Morgan fingerprint density at radius 3 is 2.36 bits per heavy atom. The predicted molar refractivity (Wildman–Crippen MR) is 102 cm³/mol. The Morgan fingerprint density at radius 1 is 1.18 bits per heavy atom. The molecule has 0 aliphatic heterocycles. The lowest BCUT2D eigenvalue weighted by Gasteiger charge is -2.15. The molecule has 1 aromatic carbocycles. The minimum absolute atomic E-state index is 0.0490. The fraction of sp³-hybridized carbons (Fsp3) is 0.353. The van der Waals surface area contributed by atoms with Gasteiger partial charge in [-0.25, -0.2) is 4.68 Å². The highest BCUT2D eigenvalue weighted by atomic mass is 32.2. The number of benzene rings is 1. The molecule has 0 bridgehead atoms. The summed E-state index contributed by atoms with van der Waals surface area (Å²) >= 11 is 0. The van der Waals surface area contributed by atoms with Crippen LogP contribution < -0.4 is 10.5 Å². The number of Topliss-reactive ketones (excluding diaryl/α,β-unsaturated/α-hetero) is 1. The van der Waals surface area contributed by atoms with Gasteiger partial charge in [-0.3, -0.25) is 23.6 Å². The lowest BCUT2D eigenvalue weighted by molar-refractivity contribution is -0.136. The maximum Gasteiger partial charge on any atom is 0.303 e. The maximum atomic E-state index is 13.0. The van der Waals surface area contributed by atoms with E-state index in [2.05, 4.69) is 0 Å². The van der Waals surface area contributed by atoms with E-state index in [1.165, 1.54) is 22.5 Å². The number of para-hydroxylation sites is 1. The highest BCUT2D eigenvalue weighted by Gasteiger charge is 2.24. The fourth-order valence-electron chi connectivity index (χ4n) is 2.96. The molecule has 28 heavy (non-hydrogen) atoms. The Hall–Kier alpha value is -2.92. The van der Waals surface area contributed by atoms with Crippen LogP contribution in [0.1, 0.15) is 28.9 Å².